The van der Waals surface area contributed by atoms with Gasteiger partial charge in [-0.15, -0.1) is 0 Å². The third kappa shape index (κ3) is 7.33. The molecule has 0 aromatic carbocycles. The Morgan fingerprint density at radius 2 is 1.24 bits per heavy atom. The molecule has 13 nitrogen and oxygen atoms in total. The fourth-order valence-electron chi connectivity index (χ4n) is 3.70. The topological polar surface area (TPSA) is 219 Å². The van der Waals surface area contributed by atoms with Gasteiger partial charge < -0.3 is 36.4 Å². The van der Waals surface area contributed by atoms with Crippen LogP contribution in [0.2, 0.25) is 0 Å². The van der Waals surface area contributed by atoms with E-state index >= 15 is 0 Å². The number of nitrogens with one attached hydrogen (secondary N) is 3. The maximum Gasteiger partial charge on any atom is 0.344 e. The third-order valence-corrected chi connectivity index (χ3v) is 6.93. The third-order valence-electron chi connectivity index (χ3n) is 6.93. The van der Waals surface area contributed by atoms with Crippen LogP contribution in [0.3, 0.4) is 0 Å². The van der Waals surface area contributed by atoms with E-state index in [0.29, 0.717) is 6.42 Å². The van der Waals surface area contributed by atoms with E-state index in [9.17, 15) is 49.2 Å². The smallest absolute Gasteiger partial charge is 0.344 e. The van der Waals surface area contributed by atoms with E-state index in [4.69, 9.17) is 0 Å². The average Bonchev–Trinajstić information content (AvgIpc) is 2.85. The highest BCUT2D eigenvalue weighted by molar-refractivity contribution is 6.25. The van der Waals surface area contributed by atoms with Crippen molar-refractivity contribution in [3.05, 3.63) is 0 Å². The molecule has 0 amide bonds. The van der Waals surface area contributed by atoms with Crippen molar-refractivity contribution in [2.24, 2.45) is 5.92 Å². The molecule has 0 bridgehead atoms. The van der Waals surface area contributed by atoms with Gasteiger partial charge in [-0.1, -0.05) is 20.3 Å². The highest BCUT2D eigenvalue weighted by Gasteiger charge is 2.61. The van der Waals surface area contributed by atoms with Crippen LogP contribution in [0.5, 0.6) is 0 Å². The maximum atomic E-state index is 13.5. The second-order valence-electron chi connectivity index (χ2n) is 9.57. The molecule has 0 aliphatic carbocycles. The van der Waals surface area contributed by atoms with Gasteiger partial charge in [0.1, 0.15) is 0 Å². The first kappa shape index (κ1) is 34.6. The van der Waals surface area contributed by atoms with Crippen LogP contribution < -0.4 is 16.0 Å². The zero-order valence-electron chi connectivity index (χ0n) is 22.7. The standard InChI is InChI=1S/C24H41N3O10/c1-9-12(2)17(27-8)19(31)23(36,11-16(29)22(5,35)18(30)14(4)26-7)20(32)24(37,21(33)34)10-15(28)13(3)25-6/h12-14,17,25-27,35-37H,9-11H2,1-8H3,(H,33,34)/t12?,13-,14-,17-,22?,23?,24?/m0/s1. The molecule has 7 N–H and O–H groups in total. The molecule has 0 aliphatic rings. The molecule has 0 rings (SSSR count). The highest BCUT2D eigenvalue weighted by atomic mass is 16.4. The first-order valence-corrected chi connectivity index (χ1v) is 11.9. The van der Waals surface area contributed by atoms with Crippen molar-refractivity contribution in [1.82, 2.24) is 16.0 Å². The Balaban J connectivity index is 6.93. The van der Waals surface area contributed by atoms with Crippen LogP contribution in [0.4, 0.5) is 0 Å². The number of hydrogen-bond donors (Lipinski definition) is 7. The normalized spacial score (nSPS) is 19.8. The highest BCUT2D eigenvalue weighted by Crippen LogP contribution is 2.30. The summed E-state index contributed by atoms with van der Waals surface area (Å²) in [5.41, 5.74) is -9.91. The Kier molecular flexibility index (Phi) is 12.5. The molecule has 0 fully saturated rings. The molecule has 0 heterocycles. The molecule has 212 valence electrons. The number of aliphatic carboxylic acids is 1. The van der Waals surface area contributed by atoms with Crippen molar-refractivity contribution in [3.63, 3.8) is 0 Å². The van der Waals surface area contributed by atoms with Crippen molar-refractivity contribution in [2.45, 2.75) is 88.8 Å². The van der Waals surface area contributed by atoms with E-state index in [1.807, 2.05) is 0 Å². The minimum absolute atomic E-state index is 0.354. The molecule has 13 heteroatoms. The number of hydrogen-bond acceptors (Lipinski definition) is 12. The lowest BCUT2D eigenvalue weighted by molar-refractivity contribution is -0.181. The van der Waals surface area contributed by atoms with Crippen LogP contribution >= 0.6 is 0 Å². The summed E-state index contributed by atoms with van der Waals surface area (Å²) in [6.45, 7) is 6.77. The lowest BCUT2D eigenvalue weighted by Crippen LogP contribution is -2.67. The second kappa shape index (κ2) is 13.4. The molecule has 0 spiro atoms. The molecular weight excluding hydrogens is 490 g/mol. The lowest BCUT2D eigenvalue weighted by Gasteiger charge is -2.36. The summed E-state index contributed by atoms with van der Waals surface area (Å²) in [6, 6.07) is -3.34. The minimum atomic E-state index is -3.60. The van der Waals surface area contributed by atoms with E-state index in [0.717, 1.165) is 6.92 Å². The maximum absolute atomic E-state index is 13.5. The number of Topliss-reactive ketones (excluding diaryl/α,β-unsaturated/α-hetero) is 5. The summed E-state index contributed by atoms with van der Waals surface area (Å²) in [7, 11) is 4.08. The molecule has 0 aromatic heterocycles. The molecule has 37 heavy (non-hydrogen) atoms. The zero-order chi connectivity index (χ0) is 29.5. The number of aliphatic hydroxyl groups is 3. The molecule has 0 saturated heterocycles. The monoisotopic (exact) mass is 531 g/mol. The van der Waals surface area contributed by atoms with Crippen LogP contribution in [0, 0.1) is 5.92 Å². The Hall–Kier alpha value is -2.42. The van der Waals surface area contributed by atoms with Crippen LogP contribution in [0.15, 0.2) is 0 Å². The molecule has 4 unspecified atom stereocenters. The molecule has 0 saturated carbocycles. The van der Waals surface area contributed by atoms with Gasteiger partial charge in [-0.3, -0.25) is 24.0 Å². The summed E-state index contributed by atoms with van der Waals surface area (Å²) in [5.74, 6) is -9.60. The van der Waals surface area contributed by atoms with Gasteiger partial charge in [-0.25, -0.2) is 4.79 Å². The summed E-state index contributed by atoms with van der Waals surface area (Å²) < 4.78 is 0. The van der Waals surface area contributed by atoms with E-state index in [1.54, 1.807) is 13.8 Å². The van der Waals surface area contributed by atoms with Crippen LogP contribution in [-0.4, -0.2) is 111 Å². The largest absolute Gasteiger partial charge is 0.479 e. The number of rotatable bonds is 18. The first-order chi connectivity index (χ1) is 16.8. The summed E-state index contributed by atoms with van der Waals surface area (Å²) in [6.07, 6.45) is -2.50. The van der Waals surface area contributed by atoms with Crippen molar-refractivity contribution < 1.29 is 49.2 Å². The summed E-state index contributed by atoms with van der Waals surface area (Å²) in [4.78, 5) is 77.2. The van der Waals surface area contributed by atoms with Gasteiger partial charge in [0, 0.05) is 0 Å². The number of carbonyl (C=O) groups excluding carboxylic acids is 5. The zero-order valence-corrected chi connectivity index (χ0v) is 22.7. The Morgan fingerprint density at radius 3 is 1.62 bits per heavy atom. The number of carboxylic acid groups (broad SMARTS) is 1. The fraction of sp³-hybridized carbons (Fsp3) is 0.750. The van der Waals surface area contributed by atoms with Gasteiger partial charge in [-0.2, -0.15) is 0 Å². The van der Waals surface area contributed by atoms with Crippen molar-refractivity contribution in [2.75, 3.05) is 21.1 Å². The van der Waals surface area contributed by atoms with Crippen LogP contribution in [0.1, 0.15) is 53.9 Å². The van der Waals surface area contributed by atoms with Gasteiger partial charge in [-0.05, 0) is 47.8 Å². The molecule has 7 atom stereocenters. The fourth-order valence-corrected chi connectivity index (χ4v) is 3.70. The second-order valence-corrected chi connectivity index (χ2v) is 9.57. The lowest BCUT2D eigenvalue weighted by atomic mass is 9.71. The summed E-state index contributed by atoms with van der Waals surface area (Å²) >= 11 is 0. The van der Waals surface area contributed by atoms with E-state index < -0.39 is 88.6 Å². The average molecular weight is 532 g/mol. The van der Waals surface area contributed by atoms with Crippen LogP contribution in [-0.2, 0) is 28.8 Å². The summed E-state index contributed by atoms with van der Waals surface area (Å²) in [5, 5.41) is 50.4. The number of likely N-dealkylation sites (N-methyl/N-ethyl adjacent to an activating group) is 3. The van der Waals surface area contributed by atoms with Crippen LogP contribution in [0.25, 0.3) is 0 Å². The molecule has 0 aliphatic heterocycles. The molecular formula is C24H41N3O10. The Bertz CT molecular complexity index is 905. The van der Waals surface area contributed by atoms with Crippen molar-refractivity contribution in [1.29, 1.82) is 0 Å². The van der Waals surface area contributed by atoms with Gasteiger partial charge in [0.25, 0.3) is 0 Å². The number of carboxylic acids is 1. The van der Waals surface area contributed by atoms with Gasteiger partial charge in [0.15, 0.2) is 34.3 Å². The van der Waals surface area contributed by atoms with Crippen molar-refractivity contribution in [3.8, 4) is 0 Å². The number of carbonyl (C=O) groups is 6. The van der Waals surface area contributed by atoms with E-state index in [1.165, 1.54) is 35.0 Å². The minimum Gasteiger partial charge on any atom is -0.479 e. The Labute approximate surface area is 216 Å². The SMILES string of the molecule is CCC(C)[C@H](NC)C(=O)C(O)(CC(=O)C(C)(O)C(=O)[C@H](C)NC)C(=O)C(O)(CC(=O)[C@H](C)NC)C(=O)O. The predicted molar refractivity (Wildman–Crippen MR) is 132 cm³/mol. The molecule has 0 radical (unpaired) electrons. The Morgan fingerprint density at radius 1 is 0.757 bits per heavy atom. The predicted octanol–water partition coefficient (Wildman–Crippen LogP) is -2.24. The van der Waals surface area contributed by atoms with E-state index in [-0.39, 0.29) is 0 Å². The number of ketones is 5. The quantitative estimate of drug-likeness (QED) is 0.0931. The van der Waals surface area contributed by atoms with Gasteiger partial charge in [0.2, 0.25) is 11.4 Å². The van der Waals surface area contributed by atoms with Gasteiger partial charge >= 0.3 is 5.97 Å². The van der Waals surface area contributed by atoms with E-state index in [2.05, 4.69) is 16.0 Å². The molecule has 0 aromatic rings. The van der Waals surface area contributed by atoms with Crippen molar-refractivity contribution >= 4 is 34.9 Å². The first-order valence-electron chi connectivity index (χ1n) is 11.9. The van der Waals surface area contributed by atoms with Gasteiger partial charge in [0.05, 0.1) is 31.0 Å².